The highest BCUT2D eigenvalue weighted by Gasteiger charge is 2.24. The maximum atomic E-state index is 13.0. The molecule has 0 bridgehead atoms. The number of rotatable bonds is 23. The molecule has 0 unspecified atom stereocenters. The molecule has 0 heterocycles. The summed E-state index contributed by atoms with van der Waals surface area (Å²) in [6, 6.07) is 9.07. The van der Waals surface area contributed by atoms with E-state index in [-0.39, 0.29) is 85.9 Å². The fourth-order valence-corrected chi connectivity index (χ4v) is 9.13. The molecule has 31 heteroatoms. The van der Waals surface area contributed by atoms with Crippen molar-refractivity contribution in [2.75, 3.05) is 37.6 Å². The minimum Gasteiger partial charge on any atom is -0.505 e. The number of hydrogen-bond donors (Lipinski definition) is 6. The number of fused-ring (bicyclic) bond motifs is 1. The van der Waals surface area contributed by atoms with Gasteiger partial charge in [-0.25, -0.2) is 32.6 Å². The molecule has 0 atom stereocenters. The molecule has 4 aromatic rings. The number of nitrogens with zero attached hydrogens (tertiary/aromatic N) is 4. The minimum absolute atomic E-state index is 0.00867. The van der Waals surface area contributed by atoms with Crippen molar-refractivity contribution in [2.24, 2.45) is 20.5 Å². The SMILES string of the molecule is COc1cc(S(=O)(=O)CCOSOOO)c(C)cc1/N=N/c1c(SOOO)cc2c(/N=N/c3ccc(S(=O)(=O)CCOSOOO)cc3S(=O)(=O)O)c(N)ccc2c1O. The number of aryl methyl sites for hydroxylation is 1. The van der Waals surface area contributed by atoms with Gasteiger partial charge in [0.25, 0.3) is 10.1 Å². The predicted octanol–water partition coefficient (Wildman–Crippen LogP) is 6.50. The zero-order chi connectivity index (χ0) is 43.4. The summed E-state index contributed by atoms with van der Waals surface area (Å²) in [5.74, 6) is -1.81. The molecule has 7 N–H and O–H groups in total. The number of phenolic OH excluding ortho intramolecular Hbond substituents is 1. The van der Waals surface area contributed by atoms with Crippen molar-refractivity contribution >= 4 is 106 Å². The number of methoxy groups -OCH3 is 1. The number of phenols is 1. The van der Waals surface area contributed by atoms with Crippen LogP contribution in [0, 0.1) is 6.92 Å². The molecule has 0 aliphatic rings. The van der Waals surface area contributed by atoms with Crippen LogP contribution in [0.4, 0.5) is 28.4 Å². The maximum absolute atomic E-state index is 13.0. The summed E-state index contributed by atoms with van der Waals surface area (Å²) in [5, 5.41) is 63.2. The first-order valence-electron chi connectivity index (χ1n) is 15.3. The van der Waals surface area contributed by atoms with Gasteiger partial charge in [-0.1, -0.05) is 15.1 Å². The van der Waals surface area contributed by atoms with Crippen molar-refractivity contribution in [2.45, 2.75) is 26.5 Å². The van der Waals surface area contributed by atoms with Gasteiger partial charge in [0.2, 0.25) is 0 Å². The lowest BCUT2D eigenvalue weighted by Crippen LogP contribution is -2.12. The van der Waals surface area contributed by atoms with E-state index >= 15 is 0 Å². The molecule has 4 aromatic carbocycles. The van der Waals surface area contributed by atoms with Crippen LogP contribution < -0.4 is 10.5 Å². The molecule has 0 radical (unpaired) electrons. The Kier molecular flexibility index (Phi) is 17.5. The van der Waals surface area contributed by atoms with Crippen LogP contribution in [-0.2, 0) is 66.3 Å². The average Bonchev–Trinajstić information content (AvgIpc) is 3.18. The van der Waals surface area contributed by atoms with Gasteiger partial charge in [-0.3, -0.25) is 12.9 Å². The van der Waals surface area contributed by atoms with E-state index in [0.29, 0.717) is 18.1 Å². The summed E-state index contributed by atoms with van der Waals surface area (Å²) in [7, 11) is -12.0. The maximum Gasteiger partial charge on any atom is 0.296 e. The first-order chi connectivity index (χ1) is 28.0. The van der Waals surface area contributed by atoms with Gasteiger partial charge in [0, 0.05) is 16.8 Å². The van der Waals surface area contributed by atoms with Gasteiger partial charge >= 0.3 is 0 Å². The van der Waals surface area contributed by atoms with Gasteiger partial charge in [0.1, 0.15) is 33.4 Å². The molecule has 4 rings (SSSR count). The van der Waals surface area contributed by atoms with Crippen LogP contribution in [0.2, 0.25) is 0 Å². The van der Waals surface area contributed by atoms with Crippen molar-refractivity contribution in [1.29, 1.82) is 0 Å². The first kappa shape index (κ1) is 47.8. The third kappa shape index (κ3) is 12.6. The third-order valence-electron chi connectivity index (χ3n) is 7.37. The Balaban J connectivity index is 1.75. The molecule has 0 amide bonds. The second-order valence-electron chi connectivity index (χ2n) is 10.9. The second kappa shape index (κ2) is 21.6. The molecule has 0 aromatic heterocycles. The first-order valence-corrected chi connectivity index (χ1v) is 22.2. The van der Waals surface area contributed by atoms with E-state index in [2.05, 4.69) is 48.6 Å². The Morgan fingerprint density at radius 2 is 1.31 bits per heavy atom. The number of nitrogen functional groups attached to an aromatic ring is 1. The lowest BCUT2D eigenvalue weighted by atomic mass is 10.1. The number of hydrogen-bond acceptors (Lipinski definition) is 27. The zero-order valence-corrected chi connectivity index (χ0v) is 34.5. The van der Waals surface area contributed by atoms with Crippen LogP contribution in [-0.4, -0.2) is 82.5 Å². The highest BCUT2D eigenvalue weighted by atomic mass is 32.2. The van der Waals surface area contributed by atoms with Crippen LogP contribution in [0.5, 0.6) is 11.5 Å². The zero-order valence-electron chi connectivity index (χ0n) is 29.6. The summed E-state index contributed by atoms with van der Waals surface area (Å²) < 4.78 is 114. The number of anilines is 1. The summed E-state index contributed by atoms with van der Waals surface area (Å²) in [6.45, 7) is 0.641. The number of ether oxygens (including phenoxy) is 1. The van der Waals surface area contributed by atoms with E-state index in [9.17, 15) is 34.9 Å². The molecule has 0 fully saturated rings. The van der Waals surface area contributed by atoms with Crippen molar-refractivity contribution < 1.29 is 91.9 Å². The molecule has 25 nitrogen and oxygen atoms in total. The number of sulfone groups is 2. The second-order valence-corrected chi connectivity index (χ2v) is 18.2. The third-order valence-corrected chi connectivity index (χ3v) is 13.1. The van der Waals surface area contributed by atoms with Gasteiger partial charge < -0.3 is 15.6 Å². The molecular weight excluding hydrogens is 919 g/mol. The standard InChI is InChI=1S/C28H29N5O20S6/c1-15-11-21(22(45-2)14-24(15)58(40,41)10-8-47-56-53-50-37)31-33-27-23(54-51-48-35)13-18-17(28(27)34)4-5-19(29)26(18)32-30-20-6-3-16(12-25(20)59(42,43)44)57(38,39)9-7-46-55-52-49-36/h3-6,11-14,34-37H,7-10,29H2,1-2H3,(H,42,43,44)/b32-30+,33-31+. The lowest BCUT2D eigenvalue weighted by molar-refractivity contribution is -0.434. The number of azo groups is 2. The minimum atomic E-state index is -5.12. The van der Waals surface area contributed by atoms with Crippen LogP contribution in [0.15, 0.2) is 88.6 Å². The lowest BCUT2D eigenvalue weighted by Gasteiger charge is -2.13. The summed E-state index contributed by atoms with van der Waals surface area (Å²) >= 11 is 0.664. The Morgan fingerprint density at radius 3 is 1.92 bits per heavy atom. The van der Waals surface area contributed by atoms with Crippen molar-refractivity contribution in [3.05, 3.63) is 54.1 Å². The van der Waals surface area contributed by atoms with Gasteiger partial charge in [0.15, 0.2) is 50.1 Å². The van der Waals surface area contributed by atoms with Crippen molar-refractivity contribution in [1.82, 2.24) is 0 Å². The molecule has 0 aliphatic heterocycles. The van der Waals surface area contributed by atoms with E-state index in [0.717, 1.165) is 12.1 Å². The molecule has 0 spiro atoms. The molecule has 59 heavy (non-hydrogen) atoms. The van der Waals surface area contributed by atoms with Crippen LogP contribution in [0.1, 0.15) is 5.56 Å². The summed E-state index contributed by atoms with van der Waals surface area (Å²) in [4.78, 5) is -1.72. The molecule has 0 saturated heterocycles. The summed E-state index contributed by atoms with van der Waals surface area (Å²) in [5.41, 5.74) is 5.36. The van der Waals surface area contributed by atoms with E-state index in [1.54, 1.807) is 0 Å². The highest BCUT2D eigenvalue weighted by molar-refractivity contribution is 7.94. The smallest absolute Gasteiger partial charge is 0.296 e. The molecule has 0 saturated carbocycles. The highest BCUT2D eigenvalue weighted by Crippen LogP contribution is 2.48. The Labute approximate surface area is 346 Å². The van der Waals surface area contributed by atoms with Gasteiger partial charge in [-0.2, -0.15) is 8.42 Å². The fourth-order valence-electron chi connectivity index (χ4n) is 4.81. The van der Waals surface area contributed by atoms with E-state index in [4.69, 9.17) is 34.6 Å². The van der Waals surface area contributed by atoms with Crippen LogP contribution in [0.25, 0.3) is 10.8 Å². The topological polar surface area (TPSA) is 362 Å². The van der Waals surface area contributed by atoms with Gasteiger partial charge in [-0.05, 0) is 55.0 Å². The number of nitrogens with two attached hydrogens (primary N) is 1. The number of benzene rings is 4. The van der Waals surface area contributed by atoms with E-state index < -0.39 is 69.1 Å². The Hall–Kier alpha value is -3.84. The predicted molar refractivity (Wildman–Crippen MR) is 204 cm³/mol. The van der Waals surface area contributed by atoms with Gasteiger partial charge in [0.05, 0.1) is 64.2 Å². The van der Waals surface area contributed by atoms with Crippen molar-refractivity contribution in [3.8, 4) is 11.5 Å². The molecule has 322 valence electrons. The Morgan fingerprint density at radius 1 is 0.695 bits per heavy atom. The molecular formula is C28H29N5O20S6. The average molecular weight is 948 g/mol. The summed E-state index contributed by atoms with van der Waals surface area (Å²) in [6.07, 6.45) is 0. The normalized spacial score (nSPS) is 12.6. The van der Waals surface area contributed by atoms with Crippen LogP contribution in [0.3, 0.4) is 0 Å². The quantitative estimate of drug-likeness (QED) is 0.00878. The fraction of sp³-hybridized carbons (Fsp3) is 0.214. The monoisotopic (exact) mass is 947 g/mol. The molecule has 0 aliphatic carbocycles. The Bertz CT molecular complexity index is 2530. The number of aromatic hydroxyl groups is 1. The van der Waals surface area contributed by atoms with E-state index in [1.165, 1.54) is 44.4 Å². The van der Waals surface area contributed by atoms with Crippen LogP contribution >= 0.6 is 36.7 Å². The van der Waals surface area contributed by atoms with E-state index in [1.807, 2.05) is 0 Å². The largest absolute Gasteiger partial charge is 0.505 e. The van der Waals surface area contributed by atoms with Crippen molar-refractivity contribution in [3.63, 3.8) is 0 Å². The van der Waals surface area contributed by atoms with Gasteiger partial charge in [-0.15, -0.1) is 33.5 Å².